The Hall–Kier alpha value is -0.330. The lowest BCUT2D eigenvalue weighted by molar-refractivity contribution is 1.24. The maximum absolute atomic E-state index is 8.45. The fourth-order valence-electron chi connectivity index (χ4n) is 0.770. The van der Waals surface area contributed by atoms with Gasteiger partial charge in [-0.1, -0.05) is 12.1 Å². The van der Waals surface area contributed by atoms with E-state index in [-0.39, 0.29) is 0 Å². The number of benzene rings is 1. The second-order valence-electron chi connectivity index (χ2n) is 2.05. The van der Waals surface area contributed by atoms with E-state index in [1.54, 1.807) is 0 Å². The molecule has 0 amide bonds. The van der Waals surface area contributed by atoms with Crippen LogP contribution in [0.5, 0.6) is 0 Å². The zero-order valence-corrected chi connectivity index (χ0v) is 8.81. The summed E-state index contributed by atoms with van der Waals surface area (Å²) < 4.78 is 1.96. The molecule has 0 aliphatic rings. The smallest absolute Gasteiger partial charge is 0.0670 e. The van der Waals surface area contributed by atoms with Crippen molar-refractivity contribution in [2.75, 3.05) is 0 Å². The first kappa shape index (κ1) is 8.76. The molecule has 0 aliphatic carbocycles. The minimum Gasteiger partial charge on any atom is -0.198 e. The second-order valence-corrected chi connectivity index (χ2v) is 3.70. The van der Waals surface area contributed by atoms with Gasteiger partial charge in [0.05, 0.1) is 12.5 Å². The lowest BCUT2D eigenvalue weighted by Crippen LogP contribution is -1.83. The van der Waals surface area contributed by atoms with Gasteiger partial charge in [0.2, 0.25) is 0 Å². The molecule has 1 aromatic rings. The minimum absolute atomic E-state index is 0.444. The number of nitriles is 1. The number of rotatable bonds is 1. The third-order valence-electron chi connectivity index (χ3n) is 1.30. The highest BCUT2D eigenvalue weighted by molar-refractivity contribution is 9.13. The van der Waals surface area contributed by atoms with Gasteiger partial charge in [-0.15, -0.1) is 0 Å². The Balaban J connectivity index is 3.08. The van der Waals surface area contributed by atoms with E-state index in [9.17, 15) is 0 Å². The molecule has 3 heteroatoms. The largest absolute Gasteiger partial charge is 0.198 e. The van der Waals surface area contributed by atoms with E-state index in [1.165, 1.54) is 0 Å². The first-order valence-corrected chi connectivity index (χ1v) is 4.64. The number of nitrogens with zero attached hydrogens (tertiary/aromatic N) is 1. The monoisotopic (exact) mass is 273 g/mol. The van der Waals surface area contributed by atoms with Gasteiger partial charge in [0.15, 0.2) is 0 Å². The summed E-state index contributed by atoms with van der Waals surface area (Å²) in [5.74, 6) is 0. The van der Waals surface area contributed by atoms with Crippen LogP contribution in [0.25, 0.3) is 0 Å². The third kappa shape index (κ3) is 2.05. The van der Waals surface area contributed by atoms with Crippen molar-refractivity contribution in [2.24, 2.45) is 0 Å². The molecule has 0 heterocycles. The van der Waals surface area contributed by atoms with E-state index in [2.05, 4.69) is 37.9 Å². The summed E-state index contributed by atoms with van der Waals surface area (Å²) in [5, 5.41) is 8.45. The highest BCUT2D eigenvalue weighted by Gasteiger charge is 2.01. The Bertz CT molecular complexity index is 301. The Kier molecular flexibility index (Phi) is 3.10. The summed E-state index contributed by atoms with van der Waals surface area (Å²) in [6, 6.07) is 7.88. The van der Waals surface area contributed by atoms with Crippen LogP contribution in [-0.4, -0.2) is 0 Å². The number of halogens is 2. The highest BCUT2D eigenvalue weighted by Crippen LogP contribution is 2.26. The van der Waals surface area contributed by atoms with Gasteiger partial charge in [-0.05, 0) is 43.5 Å². The molecule has 1 aromatic carbocycles. The quantitative estimate of drug-likeness (QED) is 0.771. The first-order valence-electron chi connectivity index (χ1n) is 3.05. The maximum Gasteiger partial charge on any atom is 0.0670 e. The standard InChI is InChI=1S/C8H5Br2N/c9-7-3-1-2-6(4-5-11)8(7)10/h1-3H,4H2. The Morgan fingerprint density at radius 1 is 1.36 bits per heavy atom. The average Bonchev–Trinajstić information content (AvgIpc) is 1.99. The van der Waals surface area contributed by atoms with Crippen LogP contribution in [0.15, 0.2) is 27.1 Å². The maximum atomic E-state index is 8.45. The lowest BCUT2D eigenvalue weighted by Gasteiger charge is -1.99. The average molecular weight is 275 g/mol. The molecule has 0 saturated carbocycles. The van der Waals surface area contributed by atoms with Gasteiger partial charge in [-0.2, -0.15) is 5.26 Å². The predicted octanol–water partition coefficient (Wildman–Crippen LogP) is 3.28. The molecule has 11 heavy (non-hydrogen) atoms. The molecular weight excluding hydrogens is 270 g/mol. The van der Waals surface area contributed by atoms with E-state index in [0.717, 1.165) is 14.5 Å². The van der Waals surface area contributed by atoms with Crippen molar-refractivity contribution < 1.29 is 0 Å². The SMILES string of the molecule is N#CCc1cccc(Br)c1Br. The summed E-state index contributed by atoms with van der Waals surface area (Å²) in [6.07, 6.45) is 0.444. The Labute approximate surface area is 82.3 Å². The molecule has 0 bridgehead atoms. The molecular formula is C8H5Br2N. The van der Waals surface area contributed by atoms with Gasteiger partial charge < -0.3 is 0 Å². The molecule has 0 unspecified atom stereocenters. The molecule has 0 saturated heterocycles. The summed E-state index contributed by atoms with van der Waals surface area (Å²) in [6.45, 7) is 0. The van der Waals surface area contributed by atoms with Crippen LogP contribution >= 0.6 is 31.9 Å². The van der Waals surface area contributed by atoms with Gasteiger partial charge in [-0.3, -0.25) is 0 Å². The molecule has 0 aliphatic heterocycles. The zero-order valence-electron chi connectivity index (χ0n) is 5.64. The van der Waals surface area contributed by atoms with Crippen LogP contribution in [0.3, 0.4) is 0 Å². The fraction of sp³-hybridized carbons (Fsp3) is 0.125. The fourth-order valence-corrected chi connectivity index (χ4v) is 1.58. The number of hydrogen-bond donors (Lipinski definition) is 0. The summed E-state index contributed by atoms with van der Waals surface area (Å²) in [4.78, 5) is 0. The van der Waals surface area contributed by atoms with Crippen LogP contribution in [0.2, 0.25) is 0 Å². The van der Waals surface area contributed by atoms with E-state index in [4.69, 9.17) is 5.26 Å². The topological polar surface area (TPSA) is 23.8 Å². The first-order chi connectivity index (χ1) is 5.25. The summed E-state index contributed by atoms with van der Waals surface area (Å²) in [5.41, 5.74) is 1.02. The van der Waals surface area contributed by atoms with Gasteiger partial charge >= 0.3 is 0 Å². The van der Waals surface area contributed by atoms with Crippen molar-refractivity contribution >= 4 is 31.9 Å². The molecule has 0 fully saturated rings. The molecule has 1 rings (SSSR count). The molecule has 56 valence electrons. The van der Waals surface area contributed by atoms with Crippen molar-refractivity contribution in [3.05, 3.63) is 32.7 Å². The Morgan fingerprint density at radius 3 is 2.73 bits per heavy atom. The minimum atomic E-state index is 0.444. The zero-order chi connectivity index (χ0) is 8.27. The van der Waals surface area contributed by atoms with Gasteiger partial charge in [0, 0.05) is 8.95 Å². The van der Waals surface area contributed by atoms with Crippen LogP contribution in [0.4, 0.5) is 0 Å². The molecule has 1 nitrogen and oxygen atoms in total. The normalized spacial score (nSPS) is 9.18. The third-order valence-corrected chi connectivity index (χ3v) is 3.43. The van der Waals surface area contributed by atoms with Gasteiger partial charge in [0.25, 0.3) is 0 Å². The molecule has 0 atom stereocenters. The predicted molar refractivity (Wildman–Crippen MR) is 51.2 cm³/mol. The molecule has 0 N–H and O–H groups in total. The van der Waals surface area contributed by atoms with Crippen LogP contribution in [0.1, 0.15) is 5.56 Å². The molecule has 0 spiro atoms. The van der Waals surface area contributed by atoms with Crippen molar-refractivity contribution in [1.29, 1.82) is 5.26 Å². The van der Waals surface area contributed by atoms with Crippen molar-refractivity contribution in [2.45, 2.75) is 6.42 Å². The van der Waals surface area contributed by atoms with E-state index >= 15 is 0 Å². The lowest BCUT2D eigenvalue weighted by atomic mass is 10.2. The van der Waals surface area contributed by atoms with Crippen LogP contribution in [-0.2, 0) is 6.42 Å². The summed E-state index contributed by atoms with van der Waals surface area (Å²) in [7, 11) is 0. The van der Waals surface area contributed by atoms with Gasteiger partial charge in [0.1, 0.15) is 0 Å². The van der Waals surface area contributed by atoms with Gasteiger partial charge in [-0.25, -0.2) is 0 Å². The molecule has 0 aromatic heterocycles. The van der Waals surface area contributed by atoms with Crippen LogP contribution in [0, 0.1) is 11.3 Å². The van der Waals surface area contributed by atoms with E-state index < -0.39 is 0 Å². The van der Waals surface area contributed by atoms with E-state index in [1.807, 2.05) is 18.2 Å². The van der Waals surface area contributed by atoms with Crippen molar-refractivity contribution in [3.63, 3.8) is 0 Å². The Morgan fingerprint density at radius 2 is 2.09 bits per heavy atom. The van der Waals surface area contributed by atoms with Crippen molar-refractivity contribution in [1.82, 2.24) is 0 Å². The van der Waals surface area contributed by atoms with E-state index in [0.29, 0.717) is 6.42 Å². The summed E-state index contributed by atoms with van der Waals surface area (Å²) >= 11 is 6.74. The highest BCUT2D eigenvalue weighted by atomic mass is 79.9. The number of hydrogen-bond acceptors (Lipinski definition) is 1. The molecule has 0 radical (unpaired) electrons. The van der Waals surface area contributed by atoms with Crippen LogP contribution < -0.4 is 0 Å². The van der Waals surface area contributed by atoms with Crippen molar-refractivity contribution in [3.8, 4) is 6.07 Å². The second kappa shape index (κ2) is 3.89.